The fourth-order valence-corrected chi connectivity index (χ4v) is 5.46. The van der Waals surface area contributed by atoms with Crippen molar-refractivity contribution in [3.05, 3.63) is 58.1 Å². The first-order chi connectivity index (χ1) is 14.5. The van der Waals surface area contributed by atoms with E-state index in [1.165, 1.54) is 4.90 Å². The molecular weight excluding hydrogens is 425 g/mol. The van der Waals surface area contributed by atoms with Gasteiger partial charge in [0.15, 0.2) is 0 Å². The molecule has 2 aromatic carbocycles. The molecule has 0 radical (unpaired) electrons. The summed E-state index contributed by atoms with van der Waals surface area (Å²) < 4.78 is 5.48. The van der Waals surface area contributed by atoms with Crippen molar-refractivity contribution in [2.75, 3.05) is 24.6 Å². The number of fused-ring (bicyclic) bond motifs is 3. The molecule has 3 fully saturated rings. The van der Waals surface area contributed by atoms with Gasteiger partial charge in [0.1, 0.15) is 11.8 Å². The molecule has 2 amide bonds. The molecule has 8 heteroatoms. The van der Waals surface area contributed by atoms with Crippen LogP contribution in [0.3, 0.4) is 0 Å². The van der Waals surface area contributed by atoms with Crippen molar-refractivity contribution in [3.8, 4) is 5.75 Å². The average molecular weight is 446 g/mol. The summed E-state index contributed by atoms with van der Waals surface area (Å²) >= 11 is 12.6. The van der Waals surface area contributed by atoms with E-state index in [0.717, 1.165) is 25.1 Å². The fourth-order valence-electron chi connectivity index (χ4n) is 4.94. The van der Waals surface area contributed by atoms with Crippen molar-refractivity contribution in [2.24, 2.45) is 5.92 Å². The van der Waals surface area contributed by atoms with E-state index < -0.39 is 12.0 Å². The zero-order valence-corrected chi connectivity index (χ0v) is 17.9. The number of carbonyl (C=O) groups excluding carboxylic acids is 2. The van der Waals surface area contributed by atoms with E-state index in [1.807, 2.05) is 13.0 Å². The summed E-state index contributed by atoms with van der Waals surface area (Å²) in [5, 5.41) is 5.24. The van der Waals surface area contributed by atoms with Gasteiger partial charge in [0.25, 0.3) is 5.91 Å². The lowest BCUT2D eigenvalue weighted by atomic mass is 9.90. The molecule has 0 saturated carbocycles. The standard InChI is InChI=1S/C22H21Cl2N3O3/c1-2-30-15-7-5-14(6-8-15)27-21(28)18-19(16-9-4-13(23)12-17(16)24)25-10-3-11-26(25)20(18)22(27)29/h4-9,12,18-20H,2-3,10-11H2,1H3. The monoisotopic (exact) mass is 445 g/mol. The van der Waals surface area contributed by atoms with Crippen molar-refractivity contribution < 1.29 is 14.3 Å². The Morgan fingerprint density at radius 2 is 1.67 bits per heavy atom. The highest BCUT2D eigenvalue weighted by Gasteiger charge is 2.63. The molecule has 0 spiro atoms. The summed E-state index contributed by atoms with van der Waals surface area (Å²) in [6.07, 6.45) is 0.940. The Hall–Kier alpha value is -2.12. The summed E-state index contributed by atoms with van der Waals surface area (Å²) in [5.41, 5.74) is 1.39. The lowest BCUT2D eigenvalue weighted by Gasteiger charge is -2.30. The van der Waals surface area contributed by atoms with E-state index in [4.69, 9.17) is 27.9 Å². The molecule has 0 aliphatic carbocycles. The maximum Gasteiger partial charge on any atom is 0.253 e. The second-order valence-electron chi connectivity index (χ2n) is 7.70. The van der Waals surface area contributed by atoms with E-state index in [2.05, 4.69) is 10.0 Å². The lowest BCUT2D eigenvalue weighted by molar-refractivity contribution is -0.126. The van der Waals surface area contributed by atoms with E-state index >= 15 is 0 Å². The van der Waals surface area contributed by atoms with Crippen LogP contribution in [0.15, 0.2) is 42.5 Å². The van der Waals surface area contributed by atoms with Gasteiger partial charge in [-0.3, -0.25) is 9.59 Å². The van der Waals surface area contributed by atoms with Crippen LogP contribution in [0.4, 0.5) is 5.69 Å². The molecule has 30 heavy (non-hydrogen) atoms. The van der Waals surface area contributed by atoms with Gasteiger partial charge in [-0.2, -0.15) is 0 Å². The number of anilines is 1. The Bertz CT molecular complexity index is 1010. The topological polar surface area (TPSA) is 53.1 Å². The van der Waals surface area contributed by atoms with Crippen molar-refractivity contribution in [3.63, 3.8) is 0 Å². The normalized spacial score (nSPS) is 26.4. The first-order valence-corrected chi connectivity index (χ1v) is 10.9. The molecule has 0 N–H and O–H groups in total. The molecule has 0 bridgehead atoms. The Balaban J connectivity index is 1.54. The number of halogens is 2. The highest BCUT2D eigenvalue weighted by atomic mass is 35.5. The molecule has 5 rings (SSSR count). The number of hydrogen-bond acceptors (Lipinski definition) is 5. The zero-order chi connectivity index (χ0) is 21.0. The van der Waals surface area contributed by atoms with Crippen molar-refractivity contribution in [1.82, 2.24) is 10.0 Å². The minimum Gasteiger partial charge on any atom is -0.494 e. The minimum absolute atomic E-state index is 0.186. The fraction of sp³-hybridized carbons (Fsp3) is 0.364. The van der Waals surface area contributed by atoms with E-state index in [9.17, 15) is 9.59 Å². The van der Waals surface area contributed by atoms with Crippen molar-refractivity contribution >= 4 is 40.7 Å². The number of carbonyl (C=O) groups is 2. The Kier molecular flexibility index (Phi) is 4.98. The average Bonchev–Trinajstić information content (AvgIpc) is 3.36. The maximum absolute atomic E-state index is 13.6. The van der Waals surface area contributed by atoms with Gasteiger partial charge in [-0.05, 0) is 55.3 Å². The third-order valence-electron chi connectivity index (χ3n) is 6.09. The maximum atomic E-state index is 13.6. The van der Waals surface area contributed by atoms with Gasteiger partial charge in [0, 0.05) is 23.1 Å². The number of hydrazine groups is 1. The van der Waals surface area contributed by atoms with E-state index in [1.54, 1.807) is 36.4 Å². The quantitative estimate of drug-likeness (QED) is 0.667. The molecule has 2 aromatic rings. The zero-order valence-electron chi connectivity index (χ0n) is 16.4. The second-order valence-corrected chi connectivity index (χ2v) is 8.54. The van der Waals surface area contributed by atoms with Crippen molar-refractivity contribution in [1.29, 1.82) is 0 Å². The predicted octanol–water partition coefficient (Wildman–Crippen LogP) is 3.93. The number of hydrogen-bond donors (Lipinski definition) is 0. The highest BCUT2D eigenvalue weighted by molar-refractivity contribution is 6.35. The van der Waals surface area contributed by atoms with E-state index in [-0.39, 0.29) is 17.9 Å². The predicted molar refractivity (Wildman–Crippen MR) is 115 cm³/mol. The number of rotatable bonds is 4. The third-order valence-corrected chi connectivity index (χ3v) is 6.66. The summed E-state index contributed by atoms with van der Waals surface area (Å²) in [4.78, 5) is 28.3. The van der Waals surface area contributed by atoms with Crippen LogP contribution in [-0.4, -0.2) is 47.6 Å². The van der Waals surface area contributed by atoms with Gasteiger partial charge in [0.2, 0.25) is 5.91 Å². The largest absolute Gasteiger partial charge is 0.494 e. The number of amides is 2. The lowest BCUT2D eigenvalue weighted by Crippen LogP contribution is -2.44. The van der Waals surface area contributed by atoms with Gasteiger partial charge < -0.3 is 4.74 Å². The number of imide groups is 1. The van der Waals surface area contributed by atoms with Gasteiger partial charge in [0.05, 0.1) is 24.3 Å². The van der Waals surface area contributed by atoms with Gasteiger partial charge in [-0.25, -0.2) is 14.9 Å². The van der Waals surface area contributed by atoms with Gasteiger partial charge >= 0.3 is 0 Å². The SMILES string of the molecule is CCOc1ccc(N2C(=O)C3C(C2=O)N2CCCN2C3c2ccc(Cl)cc2Cl)cc1. The Morgan fingerprint density at radius 3 is 2.33 bits per heavy atom. The third kappa shape index (κ3) is 2.94. The number of benzene rings is 2. The first-order valence-electron chi connectivity index (χ1n) is 10.1. The van der Waals surface area contributed by atoms with Crippen LogP contribution in [0.1, 0.15) is 24.9 Å². The number of ether oxygens (including phenoxy) is 1. The van der Waals surface area contributed by atoms with Crippen LogP contribution in [0.2, 0.25) is 10.0 Å². The second kappa shape index (κ2) is 7.54. The molecule has 3 aliphatic heterocycles. The smallest absolute Gasteiger partial charge is 0.253 e. The molecule has 3 unspecified atom stereocenters. The summed E-state index contributed by atoms with van der Waals surface area (Å²) in [7, 11) is 0. The van der Waals surface area contributed by atoms with Gasteiger partial charge in [-0.1, -0.05) is 29.3 Å². The molecule has 6 nitrogen and oxygen atoms in total. The first kappa shape index (κ1) is 19.8. The molecule has 156 valence electrons. The minimum atomic E-state index is -0.511. The Labute approximate surface area is 184 Å². The van der Waals surface area contributed by atoms with Crippen molar-refractivity contribution in [2.45, 2.75) is 25.4 Å². The Morgan fingerprint density at radius 1 is 0.967 bits per heavy atom. The van der Waals surface area contributed by atoms with Crippen LogP contribution in [0, 0.1) is 5.92 Å². The summed E-state index contributed by atoms with van der Waals surface area (Å²) in [6.45, 7) is 4.01. The molecular formula is C22H21Cl2N3O3. The van der Waals surface area contributed by atoms with Crippen LogP contribution in [-0.2, 0) is 9.59 Å². The van der Waals surface area contributed by atoms with Crippen LogP contribution in [0.5, 0.6) is 5.75 Å². The molecule has 3 heterocycles. The van der Waals surface area contributed by atoms with Crippen LogP contribution < -0.4 is 9.64 Å². The van der Waals surface area contributed by atoms with E-state index in [0.29, 0.717) is 28.1 Å². The number of nitrogens with zero attached hydrogens (tertiary/aromatic N) is 3. The van der Waals surface area contributed by atoms with Crippen LogP contribution in [0.25, 0.3) is 0 Å². The molecule has 0 aromatic heterocycles. The molecule has 3 aliphatic rings. The molecule has 3 saturated heterocycles. The highest BCUT2D eigenvalue weighted by Crippen LogP contribution is 2.50. The molecule has 3 atom stereocenters. The van der Waals surface area contributed by atoms with Gasteiger partial charge in [-0.15, -0.1) is 0 Å². The van der Waals surface area contributed by atoms with Crippen LogP contribution >= 0.6 is 23.2 Å². The summed E-state index contributed by atoms with van der Waals surface area (Å²) in [6, 6.07) is 11.6. The summed E-state index contributed by atoms with van der Waals surface area (Å²) in [5.74, 6) is -0.187.